The van der Waals surface area contributed by atoms with Gasteiger partial charge in [0.25, 0.3) is 5.91 Å². The van der Waals surface area contributed by atoms with Gasteiger partial charge in [0.2, 0.25) is 0 Å². The van der Waals surface area contributed by atoms with E-state index < -0.39 is 12.0 Å². The third-order valence-corrected chi connectivity index (χ3v) is 1.93. The summed E-state index contributed by atoms with van der Waals surface area (Å²) in [5.41, 5.74) is 0. The van der Waals surface area contributed by atoms with Gasteiger partial charge in [-0.1, -0.05) is 0 Å². The summed E-state index contributed by atoms with van der Waals surface area (Å²) in [6, 6.07) is 3.10. The van der Waals surface area contributed by atoms with Gasteiger partial charge in [-0.3, -0.25) is 4.79 Å². The van der Waals surface area contributed by atoms with Gasteiger partial charge in [-0.2, -0.15) is 0 Å². The van der Waals surface area contributed by atoms with Crippen molar-refractivity contribution in [2.75, 3.05) is 13.2 Å². The summed E-state index contributed by atoms with van der Waals surface area (Å²) in [5.74, 6) is -0.273. The number of furan rings is 1. The zero-order valence-corrected chi connectivity index (χ0v) is 8.82. The van der Waals surface area contributed by atoms with Crippen LogP contribution in [0.15, 0.2) is 21.2 Å². The molecule has 0 fully saturated rings. The first-order valence-electron chi connectivity index (χ1n) is 3.96. The third kappa shape index (κ3) is 3.13. The molecule has 14 heavy (non-hydrogen) atoms. The van der Waals surface area contributed by atoms with Crippen LogP contribution in [0.5, 0.6) is 0 Å². The van der Waals surface area contributed by atoms with Crippen molar-refractivity contribution in [1.29, 1.82) is 0 Å². The fraction of sp³-hybridized carbons (Fsp3) is 0.375. The number of halogens is 1. The molecule has 0 aromatic carbocycles. The van der Waals surface area contributed by atoms with Gasteiger partial charge >= 0.3 is 0 Å². The molecule has 1 amide bonds. The predicted molar refractivity (Wildman–Crippen MR) is 51.8 cm³/mol. The van der Waals surface area contributed by atoms with Crippen LogP contribution in [0.3, 0.4) is 0 Å². The first-order valence-corrected chi connectivity index (χ1v) is 4.75. The summed E-state index contributed by atoms with van der Waals surface area (Å²) in [6.07, 6.45) is -0.947. The first-order chi connectivity index (χ1) is 6.63. The maximum absolute atomic E-state index is 11.3. The number of amides is 1. The fourth-order valence-corrected chi connectivity index (χ4v) is 1.11. The van der Waals surface area contributed by atoms with Crippen LogP contribution in [0.25, 0.3) is 0 Å². The Morgan fingerprint density at radius 1 is 1.64 bits per heavy atom. The van der Waals surface area contributed by atoms with E-state index in [9.17, 15) is 4.79 Å². The molecule has 1 heterocycles. The van der Waals surface area contributed by atoms with Crippen molar-refractivity contribution in [3.05, 3.63) is 22.6 Å². The average Bonchev–Trinajstić information content (AvgIpc) is 2.60. The van der Waals surface area contributed by atoms with Gasteiger partial charge in [0, 0.05) is 6.54 Å². The van der Waals surface area contributed by atoms with Crippen molar-refractivity contribution in [2.24, 2.45) is 0 Å². The van der Waals surface area contributed by atoms with E-state index in [1.807, 2.05) is 0 Å². The highest BCUT2D eigenvalue weighted by molar-refractivity contribution is 9.10. The number of rotatable bonds is 4. The van der Waals surface area contributed by atoms with Crippen molar-refractivity contribution in [3.63, 3.8) is 0 Å². The van der Waals surface area contributed by atoms with E-state index in [-0.39, 0.29) is 18.9 Å². The Morgan fingerprint density at radius 3 is 2.86 bits per heavy atom. The van der Waals surface area contributed by atoms with Crippen LogP contribution >= 0.6 is 15.9 Å². The molecule has 0 radical (unpaired) electrons. The van der Waals surface area contributed by atoms with Gasteiger partial charge in [-0.05, 0) is 28.1 Å². The molecule has 0 spiro atoms. The highest BCUT2D eigenvalue weighted by Crippen LogP contribution is 2.13. The van der Waals surface area contributed by atoms with Crippen molar-refractivity contribution in [2.45, 2.75) is 6.10 Å². The number of hydrogen-bond donors (Lipinski definition) is 3. The Kier molecular flexibility index (Phi) is 4.12. The van der Waals surface area contributed by atoms with Gasteiger partial charge in [-0.15, -0.1) is 0 Å². The lowest BCUT2D eigenvalue weighted by atomic mass is 10.3. The minimum absolute atomic E-state index is 0.00630. The van der Waals surface area contributed by atoms with E-state index in [1.165, 1.54) is 6.07 Å². The molecule has 0 saturated carbocycles. The molecule has 5 nitrogen and oxygen atoms in total. The summed E-state index contributed by atoms with van der Waals surface area (Å²) >= 11 is 3.06. The molecular weight excluding hydrogens is 254 g/mol. The highest BCUT2D eigenvalue weighted by atomic mass is 79.9. The highest BCUT2D eigenvalue weighted by Gasteiger charge is 2.11. The monoisotopic (exact) mass is 263 g/mol. The van der Waals surface area contributed by atoms with Gasteiger partial charge < -0.3 is 19.9 Å². The smallest absolute Gasteiger partial charge is 0.287 e. The van der Waals surface area contributed by atoms with E-state index in [1.54, 1.807) is 6.07 Å². The summed E-state index contributed by atoms with van der Waals surface area (Å²) in [5, 5.41) is 19.8. The molecule has 0 aliphatic heterocycles. The molecular formula is C8H10BrNO4. The Balaban J connectivity index is 2.43. The molecule has 0 bridgehead atoms. The third-order valence-electron chi connectivity index (χ3n) is 1.51. The average molecular weight is 264 g/mol. The number of nitrogens with one attached hydrogen (secondary N) is 1. The largest absolute Gasteiger partial charge is 0.444 e. The van der Waals surface area contributed by atoms with Crippen LogP contribution in [0.2, 0.25) is 0 Å². The number of aliphatic hydroxyl groups is 2. The molecule has 6 heteroatoms. The standard InChI is InChI=1S/C8H10BrNO4/c9-7-2-1-6(14-7)8(13)10-3-5(12)4-11/h1-2,5,11-12H,3-4H2,(H,10,13). The van der Waals surface area contributed by atoms with E-state index in [0.29, 0.717) is 4.67 Å². The van der Waals surface area contributed by atoms with Gasteiger partial charge in [0.15, 0.2) is 10.4 Å². The van der Waals surface area contributed by atoms with E-state index >= 15 is 0 Å². The number of hydrogen-bond acceptors (Lipinski definition) is 4. The van der Waals surface area contributed by atoms with Gasteiger partial charge in [0.1, 0.15) is 0 Å². The molecule has 0 aliphatic carbocycles. The predicted octanol–water partition coefficient (Wildman–Crippen LogP) is 0.125. The van der Waals surface area contributed by atoms with Crippen LogP contribution in [0.4, 0.5) is 0 Å². The molecule has 1 atom stereocenters. The van der Waals surface area contributed by atoms with Crippen LogP contribution < -0.4 is 5.32 Å². The van der Waals surface area contributed by atoms with E-state index in [2.05, 4.69) is 21.2 Å². The number of aliphatic hydroxyl groups excluding tert-OH is 2. The Morgan fingerprint density at radius 2 is 2.36 bits per heavy atom. The van der Waals surface area contributed by atoms with Gasteiger partial charge in [0.05, 0.1) is 12.7 Å². The van der Waals surface area contributed by atoms with Crippen molar-refractivity contribution < 1.29 is 19.4 Å². The van der Waals surface area contributed by atoms with Gasteiger partial charge in [-0.25, -0.2) is 0 Å². The summed E-state index contributed by atoms with van der Waals surface area (Å²) < 4.78 is 5.43. The quantitative estimate of drug-likeness (QED) is 0.721. The normalized spacial score (nSPS) is 12.5. The molecule has 1 rings (SSSR count). The van der Waals surface area contributed by atoms with Crippen molar-refractivity contribution in [3.8, 4) is 0 Å². The van der Waals surface area contributed by atoms with E-state index in [0.717, 1.165) is 0 Å². The lowest BCUT2D eigenvalue weighted by molar-refractivity contribution is 0.0783. The summed E-state index contributed by atoms with van der Waals surface area (Å²) in [4.78, 5) is 11.3. The molecule has 1 aromatic heterocycles. The Labute approximate surface area is 88.9 Å². The SMILES string of the molecule is O=C(NCC(O)CO)c1ccc(Br)o1. The maximum Gasteiger partial charge on any atom is 0.287 e. The molecule has 3 N–H and O–H groups in total. The summed E-state index contributed by atoms with van der Waals surface area (Å²) in [6.45, 7) is -0.393. The second-order valence-electron chi connectivity index (χ2n) is 2.65. The Hall–Kier alpha value is -0.850. The van der Waals surface area contributed by atoms with Crippen LogP contribution in [0.1, 0.15) is 10.6 Å². The van der Waals surface area contributed by atoms with Crippen LogP contribution in [0, 0.1) is 0 Å². The second kappa shape index (κ2) is 5.14. The van der Waals surface area contributed by atoms with Crippen molar-refractivity contribution >= 4 is 21.8 Å². The minimum Gasteiger partial charge on any atom is -0.444 e. The zero-order chi connectivity index (χ0) is 10.6. The fourth-order valence-electron chi connectivity index (χ4n) is 0.799. The van der Waals surface area contributed by atoms with Crippen LogP contribution in [-0.4, -0.2) is 35.4 Å². The minimum atomic E-state index is -0.947. The lowest BCUT2D eigenvalue weighted by Gasteiger charge is -2.06. The lowest BCUT2D eigenvalue weighted by Crippen LogP contribution is -2.33. The maximum atomic E-state index is 11.3. The molecule has 78 valence electrons. The molecule has 1 unspecified atom stereocenters. The van der Waals surface area contributed by atoms with Crippen LogP contribution in [-0.2, 0) is 0 Å². The molecule has 0 aliphatic rings. The molecule has 0 saturated heterocycles. The van der Waals surface area contributed by atoms with E-state index in [4.69, 9.17) is 14.6 Å². The summed E-state index contributed by atoms with van der Waals surface area (Å²) in [7, 11) is 0. The zero-order valence-electron chi connectivity index (χ0n) is 7.24. The number of carbonyl (C=O) groups excluding carboxylic acids is 1. The number of carbonyl (C=O) groups is 1. The first kappa shape index (κ1) is 11.2. The second-order valence-corrected chi connectivity index (χ2v) is 3.43. The topological polar surface area (TPSA) is 82.7 Å². The molecule has 1 aromatic rings. The van der Waals surface area contributed by atoms with Crippen molar-refractivity contribution in [1.82, 2.24) is 5.32 Å². The Bertz CT molecular complexity index is 312.